The molecule has 0 bridgehead atoms. The molecule has 17 nitrogen and oxygen atoms in total. The van der Waals surface area contributed by atoms with Gasteiger partial charge in [-0.2, -0.15) is 10.2 Å². The highest BCUT2D eigenvalue weighted by Gasteiger charge is 2.40. The Labute approximate surface area is 300 Å². The van der Waals surface area contributed by atoms with Crippen LogP contribution >= 0.6 is 7.82 Å². The smallest absolute Gasteiger partial charge is 0.444 e. The van der Waals surface area contributed by atoms with E-state index in [4.69, 9.17) is 28.6 Å². The van der Waals surface area contributed by atoms with Gasteiger partial charge in [0.15, 0.2) is 12.5 Å². The van der Waals surface area contributed by atoms with Gasteiger partial charge in [0.2, 0.25) is 0 Å². The minimum atomic E-state index is -4.88. The second-order valence-corrected chi connectivity index (χ2v) is 15.4. The van der Waals surface area contributed by atoms with Crippen molar-refractivity contribution in [2.75, 3.05) is 19.0 Å². The van der Waals surface area contributed by atoms with Crippen molar-refractivity contribution in [3.8, 4) is 5.75 Å². The SMILES string of the molecule is COCc1cc2c(Nc3cc([C@@H]4C[C@H](OC(=O)NC5(C)CC5)CO4)nn3COC(=O)CC(C)(C)c3c(C)cc(C)cc3OP(=O)(O)O)nccn2n1. The van der Waals surface area contributed by atoms with E-state index in [0.717, 1.165) is 18.4 Å². The predicted octanol–water partition coefficient (Wildman–Crippen LogP) is 4.88. The van der Waals surface area contributed by atoms with Crippen LogP contribution in [-0.2, 0) is 47.1 Å². The minimum Gasteiger partial charge on any atom is -0.444 e. The van der Waals surface area contributed by atoms with E-state index >= 15 is 0 Å². The molecular formula is C34H44N7O10P. The number of fused-ring (bicyclic) bond motifs is 1. The van der Waals surface area contributed by atoms with Gasteiger partial charge in [0.25, 0.3) is 0 Å². The average molecular weight is 742 g/mol. The number of aryl methyl sites for hydroxylation is 2. The van der Waals surface area contributed by atoms with Crippen LogP contribution in [0.2, 0.25) is 0 Å². The number of aromatic nitrogens is 5. The van der Waals surface area contributed by atoms with Crippen molar-refractivity contribution in [2.24, 2.45) is 0 Å². The Morgan fingerprint density at radius 2 is 1.92 bits per heavy atom. The van der Waals surface area contributed by atoms with Crippen molar-refractivity contribution in [2.45, 2.75) is 96.8 Å². The summed E-state index contributed by atoms with van der Waals surface area (Å²) in [6.45, 7) is 9.30. The fraction of sp³-hybridized carbons (Fsp3) is 0.500. The van der Waals surface area contributed by atoms with Crippen molar-refractivity contribution in [1.29, 1.82) is 0 Å². The summed E-state index contributed by atoms with van der Waals surface area (Å²) in [5.41, 5.74) is 2.67. The van der Waals surface area contributed by atoms with Gasteiger partial charge in [-0.05, 0) is 56.9 Å². The first-order valence-corrected chi connectivity index (χ1v) is 18.3. The third-order valence-electron chi connectivity index (χ3n) is 9.02. The molecule has 3 aromatic heterocycles. The molecule has 52 heavy (non-hydrogen) atoms. The molecule has 2 fully saturated rings. The third-order valence-corrected chi connectivity index (χ3v) is 9.45. The Morgan fingerprint density at radius 1 is 1.15 bits per heavy atom. The number of ether oxygens (including phenoxy) is 4. The van der Waals surface area contributed by atoms with Crippen LogP contribution < -0.4 is 15.2 Å². The summed E-state index contributed by atoms with van der Waals surface area (Å²) in [4.78, 5) is 49.5. The van der Waals surface area contributed by atoms with Crippen LogP contribution in [-0.4, -0.2) is 71.6 Å². The van der Waals surface area contributed by atoms with E-state index in [0.29, 0.717) is 52.7 Å². The molecule has 1 saturated heterocycles. The highest BCUT2D eigenvalue weighted by Crippen LogP contribution is 2.45. The zero-order chi connectivity index (χ0) is 37.4. The maximum atomic E-state index is 13.4. The molecular weight excluding hydrogens is 697 g/mol. The number of phosphoric acid groups is 1. The van der Waals surface area contributed by atoms with Gasteiger partial charge in [0, 0.05) is 48.5 Å². The van der Waals surface area contributed by atoms with Crippen molar-refractivity contribution in [1.82, 2.24) is 29.7 Å². The molecule has 0 spiro atoms. The summed E-state index contributed by atoms with van der Waals surface area (Å²) in [5.74, 6) is 0.316. The third kappa shape index (κ3) is 8.90. The van der Waals surface area contributed by atoms with Gasteiger partial charge in [-0.1, -0.05) is 19.9 Å². The topological polar surface area (TPSA) is 210 Å². The lowest BCUT2D eigenvalue weighted by molar-refractivity contribution is -0.149. The Hall–Kier alpha value is -4.54. The molecule has 0 radical (unpaired) electrons. The first-order chi connectivity index (χ1) is 24.5. The van der Waals surface area contributed by atoms with Crippen LogP contribution in [0.4, 0.5) is 16.4 Å². The van der Waals surface area contributed by atoms with E-state index in [2.05, 4.69) is 20.7 Å². The molecule has 0 unspecified atom stereocenters. The van der Waals surface area contributed by atoms with Crippen molar-refractivity contribution in [3.63, 3.8) is 0 Å². The van der Waals surface area contributed by atoms with Crippen molar-refractivity contribution < 1.29 is 47.4 Å². The summed E-state index contributed by atoms with van der Waals surface area (Å²) in [6, 6.07) is 6.99. The van der Waals surface area contributed by atoms with Crippen LogP contribution in [0.25, 0.3) is 5.52 Å². The zero-order valence-corrected chi connectivity index (χ0v) is 30.8. The number of methoxy groups -OCH3 is 1. The Morgan fingerprint density at radius 3 is 2.63 bits per heavy atom. The van der Waals surface area contributed by atoms with Gasteiger partial charge in [-0.3, -0.25) is 14.6 Å². The minimum absolute atomic E-state index is 0.000102. The summed E-state index contributed by atoms with van der Waals surface area (Å²) >= 11 is 0. The lowest BCUT2D eigenvalue weighted by Gasteiger charge is -2.29. The van der Waals surface area contributed by atoms with E-state index in [1.54, 1.807) is 57.8 Å². The first-order valence-electron chi connectivity index (χ1n) is 16.8. The van der Waals surface area contributed by atoms with Crippen molar-refractivity contribution in [3.05, 3.63) is 64.7 Å². The van der Waals surface area contributed by atoms with Crippen LogP contribution in [0.3, 0.4) is 0 Å². The van der Waals surface area contributed by atoms with Gasteiger partial charge < -0.3 is 34.1 Å². The zero-order valence-electron chi connectivity index (χ0n) is 29.9. The second-order valence-electron chi connectivity index (χ2n) is 14.3. The number of alkyl carbamates (subject to hydrolysis) is 1. The molecule has 1 amide bonds. The molecule has 1 aromatic carbocycles. The second kappa shape index (κ2) is 14.5. The largest absolute Gasteiger partial charge is 0.524 e. The summed E-state index contributed by atoms with van der Waals surface area (Å²) < 4.78 is 42.6. The number of nitrogens with zero attached hydrogens (tertiary/aromatic N) is 5. The molecule has 18 heteroatoms. The normalized spacial score (nSPS) is 18.3. The van der Waals surface area contributed by atoms with Crippen LogP contribution in [0, 0.1) is 13.8 Å². The lowest BCUT2D eigenvalue weighted by atomic mass is 9.78. The number of amides is 1. The number of hydrogen-bond donors (Lipinski definition) is 4. The van der Waals surface area contributed by atoms with Crippen LogP contribution in [0.5, 0.6) is 5.75 Å². The first kappa shape index (κ1) is 37.2. The number of carbonyl (C=O) groups excluding carboxylic acids is 2. The monoisotopic (exact) mass is 741 g/mol. The molecule has 4 heterocycles. The number of carbonyl (C=O) groups is 2. The molecule has 2 aliphatic rings. The number of esters is 1. The van der Waals surface area contributed by atoms with Gasteiger partial charge >= 0.3 is 19.9 Å². The summed E-state index contributed by atoms with van der Waals surface area (Å²) in [6.07, 6.45) is 3.90. The fourth-order valence-electron chi connectivity index (χ4n) is 6.46. The van der Waals surface area contributed by atoms with Crippen LogP contribution in [0.1, 0.15) is 80.6 Å². The molecule has 1 saturated carbocycles. The number of anilines is 2. The summed E-state index contributed by atoms with van der Waals surface area (Å²) in [7, 11) is -3.29. The Balaban J connectivity index is 1.21. The highest BCUT2D eigenvalue weighted by atomic mass is 31.2. The van der Waals surface area contributed by atoms with Gasteiger partial charge in [0.05, 0.1) is 31.0 Å². The lowest BCUT2D eigenvalue weighted by Crippen LogP contribution is -2.37. The number of hydrogen-bond acceptors (Lipinski definition) is 12. The molecule has 1 aliphatic carbocycles. The van der Waals surface area contributed by atoms with E-state index < -0.39 is 37.5 Å². The summed E-state index contributed by atoms with van der Waals surface area (Å²) in [5, 5.41) is 15.4. The Kier molecular flexibility index (Phi) is 10.4. The molecule has 2 atom stereocenters. The van der Waals surface area contributed by atoms with E-state index in [9.17, 15) is 23.9 Å². The number of phosphoric ester groups is 1. The van der Waals surface area contributed by atoms with Gasteiger partial charge in [0.1, 0.15) is 29.3 Å². The maximum absolute atomic E-state index is 13.4. The quantitative estimate of drug-likeness (QED) is 0.100. The molecule has 280 valence electrons. The van der Waals surface area contributed by atoms with E-state index in [1.807, 2.05) is 19.1 Å². The van der Waals surface area contributed by atoms with Crippen LogP contribution in [0.15, 0.2) is 36.7 Å². The molecule has 4 N–H and O–H groups in total. The number of benzene rings is 1. The van der Waals surface area contributed by atoms with Crippen molar-refractivity contribution >= 4 is 37.0 Å². The molecule has 1 aliphatic heterocycles. The van der Waals surface area contributed by atoms with E-state index in [-0.39, 0.29) is 31.0 Å². The predicted molar refractivity (Wildman–Crippen MR) is 186 cm³/mol. The molecule has 6 rings (SSSR count). The number of nitrogens with one attached hydrogen (secondary N) is 2. The van der Waals surface area contributed by atoms with E-state index in [1.165, 1.54) is 10.7 Å². The highest BCUT2D eigenvalue weighted by molar-refractivity contribution is 7.46. The fourth-order valence-corrected chi connectivity index (χ4v) is 6.86. The maximum Gasteiger partial charge on any atom is 0.524 e. The van der Waals surface area contributed by atoms with Gasteiger partial charge in [-0.25, -0.2) is 23.5 Å². The average Bonchev–Trinajstić information content (AvgIpc) is 3.38. The molecule has 4 aromatic rings. The standard InChI is InChI=1S/C34H44N7O10P/c1-20-11-21(2)30(27(12-20)51-52(44,45)46)33(3,4)16-29(42)49-19-41-28(36-31-25-13-22(17-47-6)38-40(25)10-9-35-31)15-24(39-41)26-14-23(18-48-26)50-32(43)37-34(5)7-8-34/h9-13,15,23,26H,7-8,14,16-19H2,1-6H3,(H,35,36)(H,37,43)(H2,44,45,46)/t23-,26-/m0/s1. The number of rotatable bonds is 14. The van der Waals surface area contributed by atoms with Gasteiger partial charge in [-0.15, -0.1) is 0 Å². The Bertz CT molecular complexity index is 2020.